The third-order valence-corrected chi connectivity index (χ3v) is 4.04. The van der Waals surface area contributed by atoms with E-state index in [1.165, 1.54) is 11.7 Å². The number of aromatic nitrogens is 2. The van der Waals surface area contributed by atoms with Crippen LogP contribution in [0, 0.1) is 6.92 Å². The van der Waals surface area contributed by atoms with Crippen LogP contribution in [0.15, 0.2) is 44.7 Å². The van der Waals surface area contributed by atoms with E-state index in [-0.39, 0.29) is 22.4 Å². The molecule has 23 heavy (non-hydrogen) atoms. The molecule has 0 radical (unpaired) electrons. The van der Waals surface area contributed by atoms with Crippen LogP contribution >= 0.6 is 0 Å². The van der Waals surface area contributed by atoms with Gasteiger partial charge in [0.15, 0.2) is 0 Å². The monoisotopic (exact) mass is 312 g/mol. The maximum atomic E-state index is 12.9. The number of nitrogens with two attached hydrogens (primary N) is 1. The zero-order chi connectivity index (χ0) is 16.9. The predicted octanol–water partition coefficient (Wildman–Crippen LogP) is 0.0573. The van der Waals surface area contributed by atoms with Gasteiger partial charge in [-0.15, -0.1) is 0 Å². The van der Waals surface area contributed by atoms with E-state index in [1.54, 1.807) is 30.8 Å². The van der Waals surface area contributed by atoms with E-state index in [2.05, 4.69) is 0 Å². The van der Waals surface area contributed by atoms with E-state index < -0.39 is 10.9 Å². The van der Waals surface area contributed by atoms with E-state index in [4.69, 9.17) is 5.84 Å². The average molecular weight is 312 g/mol. The summed E-state index contributed by atoms with van der Waals surface area (Å²) in [6, 6.07) is 9.08. The molecule has 3 rings (SSSR count). The highest BCUT2D eigenvalue weighted by atomic mass is 16.2. The quantitative estimate of drug-likeness (QED) is 0.419. The van der Waals surface area contributed by atoms with Gasteiger partial charge in [0.25, 0.3) is 11.0 Å². The van der Waals surface area contributed by atoms with Crippen molar-refractivity contribution >= 4 is 5.69 Å². The fourth-order valence-corrected chi connectivity index (χ4v) is 2.80. The van der Waals surface area contributed by atoms with E-state index in [9.17, 15) is 14.4 Å². The molecule has 0 amide bonds. The number of benzene rings is 1. The highest BCUT2D eigenvalue weighted by molar-refractivity contribution is 5.83. The Balaban J connectivity index is 2.33. The summed E-state index contributed by atoms with van der Waals surface area (Å²) in [4.78, 5) is 36.6. The van der Waals surface area contributed by atoms with Gasteiger partial charge in [0.1, 0.15) is 5.69 Å². The molecule has 0 fully saturated rings. The number of para-hydroxylation sites is 1. The van der Waals surface area contributed by atoms with Gasteiger partial charge in [0, 0.05) is 19.8 Å². The Hall–Kier alpha value is -2.93. The van der Waals surface area contributed by atoms with Crippen molar-refractivity contribution in [1.82, 2.24) is 9.36 Å². The molecule has 0 unspecified atom stereocenters. The molecule has 1 aromatic heterocycles. The molecule has 0 aliphatic heterocycles. The van der Waals surface area contributed by atoms with Crippen LogP contribution in [0.5, 0.6) is 0 Å². The second-order valence-electron chi connectivity index (χ2n) is 5.43. The minimum absolute atomic E-state index is 0.0704. The lowest BCUT2D eigenvalue weighted by Gasteiger charge is -2.17. The number of anilines is 1. The fourth-order valence-electron chi connectivity index (χ4n) is 2.80. The zero-order valence-electron chi connectivity index (χ0n) is 13.0. The molecule has 1 heterocycles. The van der Waals surface area contributed by atoms with Gasteiger partial charge in [-0.2, -0.15) is 0 Å². The normalized spacial score (nSPS) is 11.1. The van der Waals surface area contributed by atoms with Crippen LogP contribution in [-0.2, 0) is 7.05 Å². The van der Waals surface area contributed by atoms with Gasteiger partial charge < -0.3 is 5.01 Å². The Morgan fingerprint density at radius 2 is 1.61 bits per heavy atom. The standard InChI is InChI=1S/C16H16N4O3/c1-9-11(12-13(18(2)17)15(22)14(12)21)16(23)20(19(9)3)10-7-5-4-6-8-10/h4-8H,17H2,1-3H3. The van der Waals surface area contributed by atoms with E-state index in [0.717, 1.165) is 5.01 Å². The third-order valence-electron chi connectivity index (χ3n) is 4.04. The highest BCUT2D eigenvalue weighted by Crippen LogP contribution is 2.26. The van der Waals surface area contributed by atoms with E-state index in [0.29, 0.717) is 11.4 Å². The van der Waals surface area contributed by atoms with Gasteiger partial charge in [-0.25, -0.2) is 10.5 Å². The summed E-state index contributed by atoms with van der Waals surface area (Å²) in [5, 5.41) is 1.08. The first kappa shape index (κ1) is 15.0. The first-order chi connectivity index (χ1) is 10.9. The third kappa shape index (κ3) is 1.97. The predicted molar refractivity (Wildman–Crippen MR) is 88.7 cm³/mol. The van der Waals surface area contributed by atoms with Crippen LogP contribution in [0.4, 0.5) is 5.69 Å². The van der Waals surface area contributed by atoms with Crippen molar-refractivity contribution in [2.75, 3.05) is 12.1 Å². The molecule has 0 saturated heterocycles. The molecule has 0 spiro atoms. The van der Waals surface area contributed by atoms with Gasteiger partial charge in [-0.3, -0.25) is 19.1 Å². The van der Waals surface area contributed by atoms with Gasteiger partial charge in [-0.1, -0.05) is 18.2 Å². The Morgan fingerprint density at radius 1 is 1.00 bits per heavy atom. The number of nitrogens with zero attached hydrogens (tertiary/aromatic N) is 3. The first-order valence-corrected chi connectivity index (χ1v) is 7.02. The Morgan fingerprint density at radius 3 is 2.17 bits per heavy atom. The molecule has 0 aliphatic rings. The van der Waals surface area contributed by atoms with Crippen molar-refractivity contribution in [3.63, 3.8) is 0 Å². The molecule has 118 valence electrons. The van der Waals surface area contributed by atoms with Crippen molar-refractivity contribution in [2.45, 2.75) is 6.92 Å². The second-order valence-corrected chi connectivity index (χ2v) is 5.43. The van der Waals surface area contributed by atoms with Crippen LogP contribution in [0.1, 0.15) is 5.69 Å². The minimum atomic E-state index is -0.677. The van der Waals surface area contributed by atoms with E-state index >= 15 is 0 Å². The summed E-state index contributed by atoms with van der Waals surface area (Å²) in [6.45, 7) is 1.73. The topological polar surface area (TPSA) is 90.3 Å². The summed E-state index contributed by atoms with van der Waals surface area (Å²) in [5.74, 6) is 5.62. The smallest absolute Gasteiger partial charge is 0.279 e. The number of hydrogen-bond acceptors (Lipinski definition) is 5. The lowest BCUT2D eigenvalue weighted by atomic mass is 9.99. The molecule has 0 saturated carbocycles. The summed E-state index contributed by atoms with van der Waals surface area (Å²) in [6.07, 6.45) is 0. The average Bonchev–Trinajstić information content (AvgIpc) is 2.74. The molecule has 0 bridgehead atoms. The Labute approximate surface area is 131 Å². The fraction of sp³-hybridized carbons (Fsp3) is 0.188. The zero-order valence-corrected chi connectivity index (χ0v) is 13.0. The van der Waals surface area contributed by atoms with Crippen LogP contribution < -0.4 is 27.3 Å². The molecule has 3 aromatic rings. The van der Waals surface area contributed by atoms with Gasteiger partial charge >= 0.3 is 0 Å². The van der Waals surface area contributed by atoms with Crippen molar-refractivity contribution in [3.05, 3.63) is 66.8 Å². The summed E-state index contributed by atoms with van der Waals surface area (Å²) in [7, 11) is 3.19. The highest BCUT2D eigenvalue weighted by Gasteiger charge is 2.30. The van der Waals surface area contributed by atoms with Crippen LogP contribution in [0.25, 0.3) is 16.8 Å². The second kappa shape index (κ2) is 5.06. The van der Waals surface area contributed by atoms with Crippen molar-refractivity contribution in [2.24, 2.45) is 12.9 Å². The molecular weight excluding hydrogens is 296 g/mol. The molecule has 0 aliphatic carbocycles. The molecule has 7 nitrogen and oxygen atoms in total. The Kier molecular flexibility index (Phi) is 3.30. The molecule has 7 heteroatoms. The lowest BCUT2D eigenvalue weighted by Crippen LogP contribution is -2.44. The molecule has 0 atom stereocenters. The lowest BCUT2D eigenvalue weighted by molar-refractivity contribution is 0.630. The Bertz CT molecular complexity index is 1020. The number of rotatable bonds is 3. The first-order valence-electron chi connectivity index (χ1n) is 7.02. The van der Waals surface area contributed by atoms with Gasteiger partial charge in [0.2, 0.25) is 5.43 Å². The van der Waals surface area contributed by atoms with Crippen LogP contribution in [0.2, 0.25) is 0 Å². The van der Waals surface area contributed by atoms with Crippen molar-refractivity contribution in [3.8, 4) is 16.8 Å². The van der Waals surface area contributed by atoms with Crippen LogP contribution in [0.3, 0.4) is 0 Å². The van der Waals surface area contributed by atoms with Gasteiger partial charge in [0.05, 0.1) is 16.8 Å². The molecule has 2 N–H and O–H groups in total. The van der Waals surface area contributed by atoms with Crippen molar-refractivity contribution < 1.29 is 0 Å². The molecule has 2 aromatic carbocycles. The SMILES string of the molecule is Cc1c(-c2c(N(C)N)c(=O)c2=O)c(=O)n(-c2ccccc2)n1C. The maximum Gasteiger partial charge on any atom is 0.279 e. The summed E-state index contributed by atoms with van der Waals surface area (Å²) in [5.41, 5.74) is -0.0552. The molecular formula is C16H16N4O3. The van der Waals surface area contributed by atoms with E-state index in [1.807, 2.05) is 18.2 Å². The summed E-state index contributed by atoms with van der Waals surface area (Å²) < 4.78 is 3.12. The maximum absolute atomic E-state index is 12.9. The van der Waals surface area contributed by atoms with Crippen LogP contribution in [-0.4, -0.2) is 16.4 Å². The number of hydrazine groups is 1. The number of hydrogen-bond donors (Lipinski definition) is 1. The summed E-state index contributed by atoms with van der Waals surface area (Å²) >= 11 is 0. The minimum Gasteiger partial charge on any atom is -0.310 e. The van der Waals surface area contributed by atoms with Gasteiger partial charge in [-0.05, 0) is 19.1 Å². The largest absolute Gasteiger partial charge is 0.310 e. The van der Waals surface area contributed by atoms with Crippen molar-refractivity contribution in [1.29, 1.82) is 0 Å².